The quantitative estimate of drug-likeness (QED) is 0.615. The Labute approximate surface area is 140 Å². The molecular formula is C20H27NO2. The number of ether oxygens (including phenoxy) is 1. The summed E-state index contributed by atoms with van der Waals surface area (Å²) in [4.78, 5) is 14.3. The number of piperidine rings is 1. The molecule has 0 aromatic heterocycles. The molecule has 3 nitrogen and oxygen atoms in total. The molecule has 0 amide bonds. The van der Waals surface area contributed by atoms with Gasteiger partial charge >= 0.3 is 5.97 Å². The third-order valence-corrected chi connectivity index (χ3v) is 5.21. The summed E-state index contributed by atoms with van der Waals surface area (Å²) >= 11 is 0. The Morgan fingerprint density at radius 1 is 1.35 bits per heavy atom. The van der Waals surface area contributed by atoms with Gasteiger partial charge in [0.15, 0.2) is 0 Å². The van der Waals surface area contributed by atoms with Crippen LogP contribution in [-0.4, -0.2) is 30.1 Å². The number of carbonyl (C=O) groups is 1. The van der Waals surface area contributed by atoms with E-state index in [2.05, 4.69) is 48.9 Å². The van der Waals surface area contributed by atoms with Gasteiger partial charge < -0.3 is 4.74 Å². The van der Waals surface area contributed by atoms with Gasteiger partial charge in [-0.15, -0.1) is 12.3 Å². The highest BCUT2D eigenvalue weighted by molar-refractivity contribution is 5.70. The van der Waals surface area contributed by atoms with E-state index in [-0.39, 0.29) is 12.0 Å². The van der Waals surface area contributed by atoms with Crippen molar-refractivity contribution in [3.05, 3.63) is 35.9 Å². The molecule has 1 aliphatic heterocycles. The van der Waals surface area contributed by atoms with Crippen molar-refractivity contribution in [1.82, 2.24) is 4.90 Å². The highest BCUT2D eigenvalue weighted by atomic mass is 16.5. The summed E-state index contributed by atoms with van der Waals surface area (Å²) in [5.41, 5.74) is 1.26. The van der Waals surface area contributed by atoms with Gasteiger partial charge in [0, 0.05) is 25.0 Å². The Balaban J connectivity index is 2.26. The van der Waals surface area contributed by atoms with Gasteiger partial charge in [0.25, 0.3) is 0 Å². The zero-order valence-electron chi connectivity index (χ0n) is 14.4. The zero-order valence-corrected chi connectivity index (χ0v) is 14.4. The minimum absolute atomic E-state index is 0.145. The summed E-state index contributed by atoms with van der Waals surface area (Å²) in [6.07, 6.45) is 7.83. The molecule has 0 N–H and O–H groups in total. The maximum Gasteiger partial charge on any atom is 0.307 e. The molecule has 0 radical (unpaired) electrons. The van der Waals surface area contributed by atoms with E-state index in [0.717, 1.165) is 19.4 Å². The second-order valence-electron chi connectivity index (χ2n) is 6.64. The summed E-state index contributed by atoms with van der Waals surface area (Å²) in [6.45, 7) is 5.33. The molecule has 2 rings (SSSR count). The highest BCUT2D eigenvalue weighted by Gasteiger charge is 2.39. The predicted octanol–water partition coefficient (Wildman–Crippen LogP) is 3.49. The summed E-state index contributed by atoms with van der Waals surface area (Å²) < 4.78 is 4.92. The van der Waals surface area contributed by atoms with Crippen molar-refractivity contribution in [2.45, 2.75) is 51.7 Å². The van der Waals surface area contributed by atoms with Crippen LogP contribution in [0, 0.1) is 24.2 Å². The topological polar surface area (TPSA) is 29.5 Å². The summed E-state index contributed by atoms with van der Waals surface area (Å²) in [5, 5.41) is 0. The second kappa shape index (κ2) is 8.17. The van der Waals surface area contributed by atoms with Gasteiger partial charge in [-0.1, -0.05) is 44.2 Å². The van der Waals surface area contributed by atoms with Gasteiger partial charge in [0.2, 0.25) is 0 Å². The largest absolute Gasteiger partial charge is 0.469 e. The van der Waals surface area contributed by atoms with Crippen LogP contribution in [0.4, 0.5) is 0 Å². The fraction of sp³-hybridized carbons (Fsp3) is 0.550. The van der Waals surface area contributed by atoms with E-state index in [1.54, 1.807) is 0 Å². The first-order valence-electron chi connectivity index (χ1n) is 8.36. The average Bonchev–Trinajstić information content (AvgIpc) is 2.56. The molecule has 0 unspecified atom stereocenters. The third kappa shape index (κ3) is 4.36. The number of hydrogen-bond donors (Lipinski definition) is 0. The number of rotatable bonds is 5. The van der Waals surface area contributed by atoms with Gasteiger partial charge in [0.05, 0.1) is 13.5 Å². The number of terminal acetylenes is 1. The van der Waals surface area contributed by atoms with Gasteiger partial charge in [-0.05, 0) is 23.8 Å². The predicted molar refractivity (Wildman–Crippen MR) is 92.6 cm³/mol. The van der Waals surface area contributed by atoms with Crippen molar-refractivity contribution in [2.24, 2.45) is 11.8 Å². The van der Waals surface area contributed by atoms with Crippen LogP contribution in [0.2, 0.25) is 0 Å². The SMILES string of the molecule is C#CC[C@@H]1C[C@@H](C)[C@H](C)[C@@H](CC(=O)OC)N1Cc1ccccc1. The second-order valence-corrected chi connectivity index (χ2v) is 6.64. The Morgan fingerprint density at radius 3 is 2.65 bits per heavy atom. The summed E-state index contributed by atoms with van der Waals surface area (Å²) in [5.74, 6) is 3.66. The minimum atomic E-state index is -0.145. The number of hydrogen-bond acceptors (Lipinski definition) is 3. The molecule has 1 fully saturated rings. The number of methoxy groups -OCH3 is 1. The van der Waals surface area contributed by atoms with Crippen molar-refractivity contribution >= 4 is 5.97 Å². The first-order valence-corrected chi connectivity index (χ1v) is 8.36. The molecule has 3 heteroatoms. The molecule has 1 aromatic carbocycles. The maximum atomic E-state index is 11.9. The molecule has 23 heavy (non-hydrogen) atoms. The van der Waals surface area contributed by atoms with E-state index in [1.165, 1.54) is 12.7 Å². The molecule has 0 saturated carbocycles. The molecule has 0 spiro atoms. The van der Waals surface area contributed by atoms with Gasteiger partial charge in [0.1, 0.15) is 0 Å². The molecule has 4 atom stereocenters. The molecule has 1 aromatic rings. The molecule has 1 heterocycles. The molecular weight excluding hydrogens is 286 g/mol. The van der Waals surface area contributed by atoms with Crippen LogP contribution in [0.3, 0.4) is 0 Å². The van der Waals surface area contributed by atoms with Crippen molar-refractivity contribution in [2.75, 3.05) is 7.11 Å². The molecule has 1 aliphatic rings. The smallest absolute Gasteiger partial charge is 0.307 e. The van der Waals surface area contributed by atoms with E-state index in [4.69, 9.17) is 11.2 Å². The number of nitrogens with zero attached hydrogens (tertiary/aromatic N) is 1. The highest BCUT2D eigenvalue weighted by Crippen LogP contribution is 2.36. The van der Waals surface area contributed by atoms with Crippen LogP contribution in [0.5, 0.6) is 0 Å². The lowest BCUT2D eigenvalue weighted by molar-refractivity contribution is -0.144. The lowest BCUT2D eigenvalue weighted by Crippen LogP contribution is -2.53. The lowest BCUT2D eigenvalue weighted by atomic mass is 9.76. The third-order valence-electron chi connectivity index (χ3n) is 5.21. The molecule has 124 valence electrons. The zero-order chi connectivity index (χ0) is 16.8. The first kappa shape index (κ1) is 17.6. The van der Waals surface area contributed by atoms with Gasteiger partial charge in [-0.2, -0.15) is 0 Å². The summed E-state index contributed by atoms with van der Waals surface area (Å²) in [6, 6.07) is 10.9. The number of benzene rings is 1. The Hall–Kier alpha value is -1.79. The van der Waals surface area contributed by atoms with Crippen LogP contribution in [0.15, 0.2) is 30.3 Å². The Bertz CT molecular complexity index is 549. The van der Waals surface area contributed by atoms with E-state index in [1.807, 2.05) is 6.07 Å². The van der Waals surface area contributed by atoms with Crippen LogP contribution in [0.25, 0.3) is 0 Å². The number of likely N-dealkylation sites (tertiary alicyclic amines) is 1. The van der Waals surface area contributed by atoms with Crippen molar-refractivity contribution in [1.29, 1.82) is 0 Å². The molecule has 0 aliphatic carbocycles. The molecule has 0 bridgehead atoms. The number of carbonyl (C=O) groups excluding carboxylic acids is 1. The molecule has 1 saturated heterocycles. The van der Waals surface area contributed by atoms with Gasteiger partial charge in [-0.3, -0.25) is 9.69 Å². The fourth-order valence-corrected chi connectivity index (χ4v) is 3.67. The monoisotopic (exact) mass is 313 g/mol. The average molecular weight is 313 g/mol. The van der Waals surface area contributed by atoms with E-state index in [9.17, 15) is 4.79 Å². The van der Waals surface area contributed by atoms with Crippen LogP contribution < -0.4 is 0 Å². The standard InChI is InChI=1S/C20H27NO2/c1-5-9-18-12-15(2)16(3)19(13-20(22)23-4)21(18)14-17-10-7-6-8-11-17/h1,6-8,10-11,15-16,18-19H,9,12-14H2,2-4H3/t15-,16+,18-,19-/m1/s1. The van der Waals surface area contributed by atoms with Crippen molar-refractivity contribution < 1.29 is 9.53 Å². The van der Waals surface area contributed by atoms with Crippen LogP contribution >= 0.6 is 0 Å². The maximum absolute atomic E-state index is 11.9. The van der Waals surface area contributed by atoms with Crippen LogP contribution in [0.1, 0.15) is 38.7 Å². The van der Waals surface area contributed by atoms with E-state index >= 15 is 0 Å². The minimum Gasteiger partial charge on any atom is -0.469 e. The fourth-order valence-electron chi connectivity index (χ4n) is 3.67. The van der Waals surface area contributed by atoms with Crippen molar-refractivity contribution in [3.63, 3.8) is 0 Å². The lowest BCUT2D eigenvalue weighted by Gasteiger charge is -2.48. The Morgan fingerprint density at radius 2 is 2.04 bits per heavy atom. The van der Waals surface area contributed by atoms with Crippen LogP contribution in [-0.2, 0) is 16.1 Å². The van der Waals surface area contributed by atoms with E-state index < -0.39 is 0 Å². The first-order chi connectivity index (χ1) is 11.1. The van der Waals surface area contributed by atoms with E-state index in [0.29, 0.717) is 24.3 Å². The normalized spacial score (nSPS) is 28.1. The number of esters is 1. The summed E-state index contributed by atoms with van der Waals surface area (Å²) in [7, 11) is 1.46. The Kier molecular flexibility index (Phi) is 6.24. The van der Waals surface area contributed by atoms with Gasteiger partial charge in [-0.25, -0.2) is 0 Å². The van der Waals surface area contributed by atoms with Crippen molar-refractivity contribution in [3.8, 4) is 12.3 Å².